The van der Waals surface area contributed by atoms with Crippen LogP contribution in [0.2, 0.25) is 0 Å². The van der Waals surface area contributed by atoms with Crippen molar-refractivity contribution in [2.45, 2.75) is 38.1 Å². The molecular formula is C20H25N5O3. The predicted molar refractivity (Wildman–Crippen MR) is 102 cm³/mol. The van der Waals surface area contributed by atoms with Crippen LogP contribution in [0.1, 0.15) is 42.5 Å². The predicted octanol–water partition coefficient (Wildman–Crippen LogP) is 1.75. The molecule has 1 aromatic carbocycles. The van der Waals surface area contributed by atoms with Crippen LogP contribution in [-0.2, 0) is 4.79 Å². The van der Waals surface area contributed by atoms with Gasteiger partial charge in [0.2, 0.25) is 0 Å². The van der Waals surface area contributed by atoms with Gasteiger partial charge < -0.3 is 10.0 Å². The Morgan fingerprint density at radius 2 is 1.86 bits per heavy atom. The highest BCUT2D eigenvalue weighted by Gasteiger charge is 2.59. The van der Waals surface area contributed by atoms with E-state index in [9.17, 15) is 14.7 Å². The number of hydrogen-bond donors (Lipinski definition) is 2. The van der Waals surface area contributed by atoms with Crippen molar-refractivity contribution in [2.24, 2.45) is 11.3 Å². The quantitative estimate of drug-likeness (QED) is 0.837. The topological polar surface area (TPSA) is 102 Å². The van der Waals surface area contributed by atoms with Crippen LogP contribution in [0.15, 0.2) is 18.2 Å². The summed E-state index contributed by atoms with van der Waals surface area (Å²) in [6.07, 6.45) is 6.10. The number of fused-ring (bicyclic) bond motifs is 2. The molecule has 8 heteroatoms. The average molecular weight is 383 g/mol. The Morgan fingerprint density at radius 1 is 1.07 bits per heavy atom. The van der Waals surface area contributed by atoms with Crippen LogP contribution in [0.4, 0.5) is 0 Å². The number of carbonyl (C=O) groups excluding carboxylic acids is 1. The fourth-order valence-corrected chi connectivity index (χ4v) is 5.44. The van der Waals surface area contributed by atoms with Gasteiger partial charge in [-0.05, 0) is 31.0 Å². The molecule has 2 aliphatic heterocycles. The number of carboxylic acids is 1. The van der Waals surface area contributed by atoms with E-state index in [2.05, 4.69) is 20.3 Å². The first kappa shape index (κ1) is 17.6. The van der Waals surface area contributed by atoms with E-state index in [1.807, 2.05) is 0 Å². The lowest BCUT2D eigenvalue weighted by Gasteiger charge is -2.33. The summed E-state index contributed by atoms with van der Waals surface area (Å²) in [4.78, 5) is 29.5. The molecule has 2 atom stereocenters. The number of carbonyl (C=O) groups is 2. The Labute approximate surface area is 162 Å². The first-order valence-corrected chi connectivity index (χ1v) is 10.1. The Hall–Kier alpha value is -2.48. The SMILES string of the molecule is O=C(c1ccc2n[nH]nc2c1)N1C[C@H]2CN(C3CCCCC3)C[C@@]2(C(=O)O)C1. The number of benzene rings is 1. The van der Waals surface area contributed by atoms with Gasteiger partial charge in [0, 0.05) is 43.7 Å². The number of nitrogens with zero attached hydrogens (tertiary/aromatic N) is 4. The highest BCUT2D eigenvalue weighted by Crippen LogP contribution is 2.45. The second-order valence-electron chi connectivity index (χ2n) is 8.59. The van der Waals surface area contributed by atoms with Crippen molar-refractivity contribution in [1.82, 2.24) is 25.2 Å². The van der Waals surface area contributed by atoms with Crippen LogP contribution in [0.25, 0.3) is 11.0 Å². The molecule has 1 aliphatic carbocycles. The summed E-state index contributed by atoms with van der Waals surface area (Å²) in [5.74, 6) is -0.895. The van der Waals surface area contributed by atoms with Gasteiger partial charge in [0.1, 0.15) is 16.4 Å². The molecule has 5 rings (SSSR count). The molecule has 3 fully saturated rings. The first-order valence-electron chi connectivity index (χ1n) is 10.1. The maximum atomic E-state index is 13.1. The summed E-state index contributed by atoms with van der Waals surface area (Å²) in [7, 11) is 0. The number of amides is 1. The van der Waals surface area contributed by atoms with Gasteiger partial charge >= 0.3 is 5.97 Å². The Balaban J connectivity index is 1.35. The van der Waals surface area contributed by atoms with Gasteiger partial charge in [-0.15, -0.1) is 0 Å². The molecule has 1 saturated carbocycles. The number of rotatable bonds is 3. The minimum atomic E-state index is -0.842. The van der Waals surface area contributed by atoms with Crippen LogP contribution in [0.3, 0.4) is 0 Å². The number of carboxylic acid groups (broad SMARTS) is 1. The zero-order valence-corrected chi connectivity index (χ0v) is 15.8. The summed E-state index contributed by atoms with van der Waals surface area (Å²) in [6, 6.07) is 5.73. The Morgan fingerprint density at radius 3 is 2.61 bits per heavy atom. The number of H-pyrrole nitrogens is 1. The summed E-state index contributed by atoms with van der Waals surface area (Å²) in [5, 5.41) is 20.7. The summed E-state index contributed by atoms with van der Waals surface area (Å²) in [6.45, 7) is 2.13. The molecule has 148 valence electrons. The van der Waals surface area contributed by atoms with Gasteiger partial charge in [-0.2, -0.15) is 15.4 Å². The maximum absolute atomic E-state index is 13.1. The monoisotopic (exact) mass is 383 g/mol. The van der Waals surface area contributed by atoms with Crippen molar-refractivity contribution >= 4 is 22.9 Å². The molecule has 2 aromatic rings. The second-order valence-corrected chi connectivity index (χ2v) is 8.59. The molecule has 3 heterocycles. The highest BCUT2D eigenvalue weighted by molar-refractivity contribution is 5.98. The fourth-order valence-electron chi connectivity index (χ4n) is 5.44. The van der Waals surface area contributed by atoms with E-state index in [-0.39, 0.29) is 18.4 Å². The Bertz CT molecular complexity index is 921. The minimum Gasteiger partial charge on any atom is -0.481 e. The van der Waals surface area contributed by atoms with Crippen LogP contribution in [0, 0.1) is 11.3 Å². The summed E-state index contributed by atoms with van der Waals surface area (Å²) < 4.78 is 0. The van der Waals surface area contributed by atoms with Crippen molar-refractivity contribution in [3.05, 3.63) is 23.8 Å². The average Bonchev–Trinajstić information content (AvgIpc) is 3.40. The van der Waals surface area contributed by atoms with E-state index < -0.39 is 11.4 Å². The molecule has 3 aliphatic rings. The zero-order valence-electron chi connectivity index (χ0n) is 15.8. The van der Waals surface area contributed by atoms with Crippen LogP contribution >= 0.6 is 0 Å². The van der Waals surface area contributed by atoms with E-state index >= 15 is 0 Å². The van der Waals surface area contributed by atoms with Gasteiger partial charge in [-0.1, -0.05) is 19.3 Å². The molecule has 2 saturated heterocycles. The van der Waals surface area contributed by atoms with Crippen molar-refractivity contribution < 1.29 is 14.7 Å². The molecule has 0 radical (unpaired) electrons. The van der Waals surface area contributed by atoms with Crippen LogP contribution in [-0.4, -0.2) is 74.4 Å². The lowest BCUT2D eigenvalue weighted by molar-refractivity contribution is -0.148. The molecule has 1 amide bonds. The van der Waals surface area contributed by atoms with Crippen molar-refractivity contribution in [1.29, 1.82) is 0 Å². The van der Waals surface area contributed by atoms with Crippen molar-refractivity contribution in [2.75, 3.05) is 26.2 Å². The third-order valence-electron chi connectivity index (χ3n) is 7.00. The maximum Gasteiger partial charge on any atom is 0.313 e. The van der Waals surface area contributed by atoms with Gasteiger partial charge in [-0.25, -0.2) is 0 Å². The molecule has 0 spiro atoms. The largest absolute Gasteiger partial charge is 0.481 e. The Kier molecular flexibility index (Phi) is 4.12. The molecule has 8 nitrogen and oxygen atoms in total. The van der Waals surface area contributed by atoms with E-state index in [4.69, 9.17) is 0 Å². The number of aliphatic carboxylic acids is 1. The number of nitrogens with one attached hydrogen (secondary N) is 1. The van der Waals surface area contributed by atoms with Gasteiger partial charge in [0.15, 0.2) is 0 Å². The molecular weight excluding hydrogens is 358 g/mol. The highest BCUT2D eigenvalue weighted by atomic mass is 16.4. The lowest BCUT2D eigenvalue weighted by atomic mass is 9.81. The number of aromatic nitrogens is 3. The molecule has 28 heavy (non-hydrogen) atoms. The van der Waals surface area contributed by atoms with E-state index in [1.54, 1.807) is 23.1 Å². The minimum absolute atomic E-state index is 0.00772. The van der Waals surface area contributed by atoms with E-state index in [0.29, 0.717) is 35.7 Å². The third kappa shape index (κ3) is 2.70. The molecule has 0 bridgehead atoms. The fraction of sp³-hybridized carbons (Fsp3) is 0.600. The van der Waals surface area contributed by atoms with Gasteiger partial charge in [0.05, 0.1) is 0 Å². The lowest BCUT2D eigenvalue weighted by Crippen LogP contribution is -2.44. The summed E-state index contributed by atoms with van der Waals surface area (Å²) in [5.41, 5.74) is 1.04. The van der Waals surface area contributed by atoms with Gasteiger partial charge in [-0.3, -0.25) is 14.5 Å². The first-order chi connectivity index (χ1) is 13.6. The molecule has 0 unspecified atom stereocenters. The van der Waals surface area contributed by atoms with E-state index in [1.165, 1.54) is 32.1 Å². The van der Waals surface area contributed by atoms with Crippen molar-refractivity contribution in [3.8, 4) is 0 Å². The zero-order chi connectivity index (χ0) is 19.3. The van der Waals surface area contributed by atoms with Crippen LogP contribution in [0.5, 0.6) is 0 Å². The normalized spacial score (nSPS) is 28.7. The van der Waals surface area contributed by atoms with Crippen LogP contribution < -0.4 is 0 Å². The summed E-state index contributed by atoms with van der Waals surface area (Å²) >= 11 is 0. The molecule has 1 aromatic heterocycles. The van der Waals surface area contributed by atoms with Gasteiger partial charge in [0.25, 0.3) is 5.91 Å². The van der Waals surface area contributed by atoms with E-state index in [0.717, 1.165) is 6.54 Å². The number of aromatic amines is 1. The third-order valence-corrected chi connectivity index (χ3v) is 7.00. The second kappa shape index (κ2) is 6.55. The smallest absolute Gasteiger partial charge is 0.313 e. The van der Waals surface area contributed by atoms with Crippen molar-refractivity contribution in [3.63, 3.8) is 0 Å². The standard InChI is InChI=1S/C20H25N5O3/c26-18(13-6-7-16-17(8-13)22-23-21-16)25-10-14-9-24(15-4-2-1-3-5-15)11-20(14,12-25)19(27)28/h6-8,14-15H,1-5,9-12H2,(H,27,28)(H,21,22,23)/t14-,20-/m1/s1. The number of hydrogen-bond acceptors (Lipinski definition) is 5. The molecule has 2 N–H and O–H groups in total. The number of likely N-dealkylation sites (tertiary alicyclic amines) is 2.